The summed E-state index contributed by atoms with van der Waals surface area (Å²) >= 11 is 0. The zero-order chi connectivity index (χ0) is 11.5. The number of hydrogen-bond acceptors (Lipinski definition) is 2. The lowest BCUT2D eigenvalue weighted by Crippen LogP contribution is -2.51. The van der Waals surface area contributed by atoms with E-state index in [4.69, 9.17) is 0 Å². The largest absolute Gasteiger partial charge is 0.392 e. The van der Waals surface area contributed by atoms with Gasteiger partial charge in [-0.3, -0.25) is 0 Å². The van der Waals surface area contributed by atoms with E-state index in [2.05, 4.69) is 19.2 Å². The molecule has 2 N–H and O–H groups in total. The van der Waals surface area contributed by atoms with Crippen molar-refractivity contribution in [3.63, 3.8) is 0 Å². The normalized spacial score (nSPS) is 45.6. The molecule has 0 bridgehead atoms. The summed E-state index contributed by atoms with van der Waals surface area (Å²) in [5.41, 5.74) is 0. The fourth-order valence-electron chi connectivity index (χ4n) is 3.40. The molecule has 2 rings (SSSR count). The summed E-state index contributed by atoms with van der Waals surface area (Å²) in [6.07, 6.45) is 8.58. The molecular weight excluding hydrogens is 198 g/mol. The first-order chi connectivity index (χ1) is 7.68. The Morgan fingerprint density at radius 2 is 1.56 bits per heavy atom. The zero-order valence-electron chi connectivity index (χ0n) is 10.8. The van der Waals surface area contributed by atoms with Gasteiger partial charge in [0.1, 0.15) is 0 Å². The minimum absolute atomic E-state index is 0.0989. The van der Waals surface area contributed by atoms with Crippen molar-refractivity contribution in [1.29, 1.82) is 0 Å². The third-order valence-corrected chi connectivity index (χ3v) is 4.86. The topological polar surface area (TPSA) is 32.3 Å². The number of rotatable bonds is 2. The molecular formula is C14H27NO. The maximum atomic E-state index is 9.99. The minimum atomic E-state index is -0.0989. The number of aliphatic hydroxyl groups is 1. The van der Waals surface area contributed by atoms with Crippen LogP contribution in [0, 0.1) is 11.8 Å². The molecule has 0 saturated heterocycles. The molecule has 0 spiro atoms. The van der Waals surface area contributed by atoms with Crippen LogP contribution in [0.5, 0.6) is 0 Å². The molecule has 16 heavy (non-hydrogen) atoms. The minimum Gasteiger partial charge on any atom is -0.392 e. The standard InChI is InChI=1S/C14H27NO/c1-10-6-5-8-12(11(10)2)15-13-7-3-4-9-14(13)16/h10-16H,3-9H2,1-2H3/t10?,11?,12?,13-,14-/m0/s1. The molecule has 94 valence electrons. The Hall–Kier alpha value is -0.0800. The molecule has 0 aromatic rings. The molecule has 2 fully saturated rings. The quantitative estimate of drug-likeness (QED) is 0.757. The lowest BCUT2D eigenvalue weighted by molar-refractivity contribution is 0.0701. The van der Waals surface area contributed by atoms with Crippen molar-refractivity contribution < 1.29 is 5.11 Å². The van der Waals surface area contributed by atoms with Crippen LogP contribution < -0.4 is 5.32 Å². The van der Waals surface area contributed by atoms with Gasteiger partial charge in [0.05, 0.1) is 6.10 Å². The fourth-order valence-corrected chi connectivity index (χ4v) is 3.40. The zero-order valence-corrected chi connectivity index (χ0v) is 10.8. The van der Waals surface area contributed by atoms with Crippen LogP contribution in [-0.2, 0) is 0 Å². The van der Waals surface area contributed by atoms with Gasteiger partial charge in [0.2, 0.25) is 0 Å². The monoisotopic (exact) mass is 225 g/mol. The molecule has 2 saturated carbocycles. The van der Waals surface area contributed by atoms with Gasteiger partial charge < -0.3 is 10.4 Å². The molecule has 0 amide bonds. The molecule has 2 nitrogen and oxygen atoms in total. The molecule has 3 unspecified atom stereocenters. The molecule has 0 aliphatic heterocycles. The summed E-state index contributed by atoms with van der Waals surface area (Å²) in [7, 11) is 0. The molecule has 2 aliphatic rings. The molecule has 5 atom stereocenters. The summed E-state index contributed by atoms with van der Waals surface area (Å²) in [6.45, 7) is 4.74. The van der Waals surface area contributed by atoms with E-state index >= 15 is 0 Å². The third-order valence-electron chi connectivity index (χ3n) is 4.86. The average Bonchev–Trinajstić information content (AvgIpc) is 2.28. The highest BCUT2D eigenvalue weighted by Crippen LogP contribution is 2.31. The second kappa shape index (κ2) is 5.50. The summed E-state index contributed by atoms with van der Waals surface area (Å²) in [4.78, 5) is 0. The van der Waals surface area contributed by atoms with Crippen LogP contribution in [0.3, 0.4) is 0 Å². The van der Waals surface area contributed by atoms with Gasteiger partial charge in [0.25, 0.3) is 0 Å². The number of nitrogens with one attached hydrogen (secondary N) is 1. The van der Waals surface area contributed by atoms with Gasteiger partial charge in [-0.05, 0) is 31.1 Å². The van der Waals surface area contributed by atoms with Crippen LogP contribution in [0.4, 0.5) is 0 Å². The highest BCUT2D eigenvalue weighted by atomic mass is 16.3. The van der Waals surface area contributed by atoms with Gasteiger partial charge >= 0.3 is 0 Å². The maximum Gasteiger partial charge on any atom is 0.0693 e. The third kappa shape index (κ3) is 2.78. The number of aliphatic hydroxyl groups excluding tert-OH is 1. The van der Waals surface area contributed by atoms with Crippen LogP contribution in [0.1, 0.15) is 58.8 Å². The Morgan fingerprint density at radius 1 is 0.875 bits per heavy atom. The summed E-state index contributed by atoms with van der Waals surface area (Å²) < 4.78 is 0. The Kier molecular flexibility index (Phi) is 4.26. The highest BCUT2D eigenvalue weighted by Gasteiger charge is 2.31. The van der Waals surface area contributed by atoms with E-state index < -0.39 is 0 Å². The molecule has 0 aromatic heterocycles. The molecule has 2 aliphatic carbocycles. The molecule has 2 heteroatoms. The van der Waals surface area contributed by atoms with Crippen molar-refractivity contribution in [3.8, 4) is 0 Å². The summed E-state index contributed by atoms with van der Waals surface area (Å²) in [5.74, 6) is 1.61. The highest BCUT2D eigenvalue weighted by molar-refractivity contribution is 4.88. The first-order valence-corrected chi connectivity index (χ1v) is 7.12. The van der Waals surface area contributed by atoms with E-state index in [9.17, 15) is 5.11 Å². The van der Waals surface area contributed by atoms with Gasteiger partial charge in [0, 0.05) is 12.1 Å². The van der Waals surface area contributed by atoms with Crippen molar-refractivity contribution in [1.82, 2.24) is 5.32 Å². The Morgan fingerprint density at radius 3 is 2.31 bits per heavy atom. The van der Waals surface area contributed by atoms with Gasteiger partial charge in [-0.1, -0.05) is 39.5 Å². The van der Waals surface area contributed by atoms with Gasteiger partial charge in [-0.25, -0.2) is 0 Å². The van der Waals surface area contributed by atoms with Crippen molar-refractivity contribution in [2.75, 3.05) is 0 Å². The lowest BCUT2D eigenvalue weighted by Gasteiger charge is -2.39. The summed E-state index contributed by atoms with van der Waals surface area (Å²) in [5, 5.41) is 13.7. The van der Waals surface area contributed by atoms with Crippen LogP contribution >= 0.6 is 0 Å². The second-order valence-corrected chi connectivity index (χ2v) is 6.00. The van der Waals surface area contributed by atoms with Crippen molar-refractivity contribution in [2.45, 2.75) is 77.0 Å². The van der Waals surface area contributed by atoms with Crippen LogP contribution in [-0.4, -0.2) is 23.3 Å². The summed E-state index contributed by atoms with van der Waals surface area (Å²) in [6, 6.07) is 1.01. The van der Waals surface area contributed by atoms with E-state index in [0.29, 0.717) is 12.1 Å². The van der Waals surface area contributed by atoms with E-state index in [0.717, 1.165) is 18.3 Å². The van der Waals surface area contributed by atoms with Crippen molar-refractivity contribution in [2.24, 2.45) is 11.8 Å². The van der Waals surface area contributed by atoms with Crippen LogP contribution in [0.2, 0.25) is 0 Å². The van der Waals surface area contributed by atoms with Gasteiger partial charge in [-0.2, -0.15) is 0 Å². The van der Waals surface area contributed by atoms with E-state index in [1.165, 1.54) is 38.5 Å². The Labute approximate surface area is 99.8 Å². The van der Waals surface area contributed by atoms with E-state index in [1.54, 1.807) is 0 Å². The average molecular weight is 225 g/mol. The first-order valence-electron chi connectivity index (χ1n) is 7.12. The van der Waals surface area contributed by atoms with Crippen LogP contribution in [0.15, 0.2) is 0 Å². The Bertz CT molecular complexity index is 219. The van der Waals surface area contributed by atoms with Crippen molar-refractivity contribution in [3.05, 3.63) is 0 Å². The maximum absolute atomic E-state index is 9.99. The van der Waals surface area contributed by atoms with E-state index in [1.807, 2.05) is 0 Å². The molecule has 0 aromatic carbocycles. The SMILES string of the molecule is CC1CCCC(N[C@H]2CCCC[C@@H]2O)C1C. The van der Waals surface area contributed by atoms with Crippen molar-refractivity contribution >= 4 is 0 Å². The van der Waals surface area contributed by atoms with Crippen LogP contribution in [0.25, 0.3) is 0 Å². The molecule has 0 heterocycles. The van der Waals surface area contributed by atoms with Gasteiger partial charge in [-0.15, -0.1) is 0 Å². The first kappa shape index (κ1) is 12.4. The predicted molar refractivity (Wildman–Crippen MR) is 67.4 cm³/mol. The smallest absolute Gasteiger partial charge is 0.0693 e. The predicted octanol–water partition coefficient (Wildman–Crippen LogP) is 2.70. The fraction of sp³-hybridized carbons (Fsp3) is 1.00. The van der Waals surface area contributed by atoms with E-state index in [-0.39, 0.29) is 6.10 Å². The van der Waals surface area contributed by atoms with Gasteiger partial charge in [0.15, 0.2) is 0 Å². The molecule has 0 radical (unpaired) electrons. The number of hydrogen-bond donors (Lipinski definition) is 2. The lowest BCUT2D eigenvalue weighted by atomic mass is 9.77. The second-order valence-electron chi connectivity index (χ2n) is 6.00. The Balaban J connectivity index is 1.87.